The Balaban J connectivity index is 1.33. The molecule has 0 spiro atoms. The lowest BCUT2D eigenvalue weighted by Gasteiger charge is -2.49. The molecule has 5 rings (SSSR count). The molecule has 1 fully saturated rings. The molecule has 32 heavy (non-hydrogen) atoms. The van der Waals surface area contributed by atoms with Crippen molar-refractivity contribution < 1.29 is 19.5 Å². The van der Waals surface area contributed by atoms with Gasteiger partial charge in [-0.3, -0.25) is 14.5 Å². The number of fused-ring (bicyclic) bond motifs is 2. The number of carbonyl (C=O) groups is 3. The molecule has 0 aliphatic carbocycles. The van der Waals surface area contributed by atoms with Crippen LogP contribution in [-0.4, -0.2) is 49.9 Å². The number of nitrogens with zero attached hydrogens (tertiary/aromatic N) is 2. The number of rotatable bonds is 6. The van der Waals surface area contributed by atoms with E-state index >= 15 is 0 Å². The highest BCUT2D eigenvalue weighted by atomic mass is 32.2. The van der Waals surface area contributed by atoms with Crippen molar-refractivity contribution in [1.82, 2.24) is 15.2 Å². The first-order chi connectivity index (χ1) is 15.5. The molecule has 0 radical (unpaired) electrons. The van der Waals surface area contributed by atoms with Gasteiger partial charge in [0.05, 0.1) is 16.6 Å². The number of aliphatic carboxylic acids is 1. The molecule has 2 aromatic carbocycles. The van der Waals surface area contributed by atoms with Gasteiger partial charge in [-0.1, -0.05) is 54.2 Å². The Bertz CT molecular complexity index is 1220. The van der Waals surface area contributed by atoms with Crippen LogP contribution in [0.15, 0.2) is 69.5 Å². The van der Waals surface area contributed by atoms with Gasteiger partial charge in [0.2, 0.25) is 5.91 Å². The lowest BCUT2D eigenvalue weighted by Crippen LogP contribution is -2.70. The van der Waals surface area contributed by atoms with Crippen LogP contribution in [0.5, 0.6) is 0 Å². The first-order valence-electron chi connectivity index (χ1n) is 9.79. The monoisotopic (exact) mass is 483 g/mol. The Morgan fingerprint density at radius 3 is 2.66 bits per heavy atom. The summed E-state index contributed by atoms with van der Waals surface area (Å²) in [4.78, 5) is 43.7. The number of carbonyl (C=O) groups excluding carboxylic acids is 2. The number of nitrogens with one attached hydrogen (secondary N) is 1. The number of thiazole rings is 1. The molecule has 2 aliphatic heterocycles. The van der Waals surface area contributed by atoms with Crippen LogP contribution in [0.25, 0.3) is 10.2 Å². The molecule has 2 atom stereocenters. The van der Waals surface area contributed by atoms with Crippen LogP contribution in [0.3, 0.4) is 0 Å². The molecule has 2 amide bonds. The van der Waals surface area contributed by atoms with Crippen molar-refractivity contribution in [3.8, 4) is 0 Å². The number of carboxylic acid groups (broad SMARTS) is 1. The zero-order valence-corrected chi connectivity index (χ0v) is 19.0. The average Bonchev–Trinajstić information content (AvgIpc) is 3.20. The standard InChI is InChI=1S/C22H17N3O4S3/c26-16(10-12-6-2-1-3-7-12)24-17-19(27)25-18(21(28)29)15(11-30-20(17)25)32-22-23-13-8-4-5-9-14(13)31-22/h1-9,17,20H,10-11H2,(H,24,26)(H,28,29)/t17-,20+/m1/s1. The summed E-state index contributed by atoms with van der Waals surface area (Å²) < 4.78 is 1.76. The number of thioether (sulfide) groups is 2. The van der Waals surface area contributed by atoms with Crippen molar-refractivity contribution in [2.24, 2.45) is 0 Å². The van der Waals surface area contributed by atoms with Gasteiger partial charge in [-0.2, -0.15) is 0 Å². The third-order valence-electron chi connectivity index (χ3n) is 5.14. The number of amides is 2. The van der Waals surface area contributed by atoms with Gasteiger partial charge in [-0.25, -0.2) is 9.78 Å². The second-order valence-corrected chi connectivity index (χ2v) is 10.7. The molecule has 3 heterocycles. The van der Waals surface area contributed by atoms with Gasteiger partial charge in [0.15, 0.2) is 4.34 Å². The molecule has 7 nitrogen and oxygen atoms in total. The van der Waals surface area contributed by atoms with E-state index < -0.39 is 23.3 Å². The number of hydrogen-bond acceptors (Lipinski definition) is 7. The molecule has 0 saturated carbocycles. The van der Waals surface area contributed by atoms with E-state index in [9.17, 15) is 19.5 Å². The van der Waals surface area contributed by atoms with Crippen LogP contribution in [0, 0.1) is 0 Å². The highest BCUT2D eigenvalue weighted by molar-refractivity contribution is 8.07. The molecular formula is C22H17N3O4S3. The molecule has 10 heteroatoms. The van der Waals surface area contributed by atoms with Gasteiger partial charge in [-0.05, 0) is 17.7 Å². The summed E-state index contributed by atoms with van der Waals surface area (Å²) in [6.45, 7) is 0. The Hall–Kier alpha value is -2.82. The van der Waals surface area contributed by atoms with Gasteiger partial charge in [0.1, 0.15) is 17.1 Å². The number of aromatic nitrogens is 1. The van der Waals surface area contributed by atoms with E-state index in [4.69, 9.17) is 0 Å². The Kier molecular flexibility index (Phi) is 5.66. The predicted octanol–water partition coefficient (Wildman–Crippen LogP) is 3.33. The Labute approximate surface area is 195 Å². The van der Waals surface area contributed by atoms with Crippen LogP contribution in [0.4, 0.5) is 0 Å². The predicted molar refractivity (Wildman–Crippen MR) is 125 cm³/mol. The van der Waals surface area contributed by atoms with Crippen LogP contribution in [0.2, 0.25) is 0 Å². The summed E-state index contributed by atoms with van der Waals surface area (Å²) in [6, 6.07) is 16.3. The fraction of sp³-hybridized carbons (Fsp3) is 0.182. The molecule has 162 valence electrons. The van der Waals surface area contributed by atoms with Crippen LogP contribution in [-0.2, 0) is 20.8 Å². The lowest BCUT2D eigenvalue weighted by atomic mass is 10.0. The van der Waals surface area contributed by atoms with Crippen molar-refractivity contribution in [2.75, 3.05) is 5.75 Å². The molecule has 1 aromatic heterocycles. The number of β-lactam (4-membered cyclic amide) rings is 1. The van der Waals surface area contributed by atoms with Gasteiger partial charge >= 0.3 is 5.97 Å². The smallest absolute Gasteiger partial charge is 0.353 e. The summed E-state index contributed by atoms with van der Waals surface area (Å²) in [6.07, 6.45) is 0.169. The summed E-state index contributed by atoms with van der Waals surface area (Å²) in [5.41, 5.74) is 1.70. The van der Waals surface area contributed by atoms with Crippen molar-refractivity contribution in [3.63, 3.8) is 0 Å². The maximum Gasteiger partial charge on any atom is 0.353 e. The number of carboxylic acids is 1. The summed E-state index contributed by atoms with van der Waals surface area (Å²) in [5.74, 6) is -1.38. The molecule has 2 aliphatic rings. The number of hydrogen-bond donors (Lipinski definition) is 2. The Morgan fingerprint density at radius 2 is 1.91 bits per heavy atom. The second kappa shape index (κ2) is 8.61. The third-order valence-corrected chi connectivity index (χ3v) is 8.79. The molecular weight excluding hydrogens is 466 g/mol. The van der Waals surface area contributed by atoms with E-state index in [-0.39, 0.29) is 18.0 Å². The van der Waals surface area contributed by atoms with Gasteiger partial charge in [0, 0.05) is 10.7 Å². The number of para-hydroxylation sites is 1. The lowest BCUT2D eigenvalue weighted by molar-refractivity contribution is -0.150. The van der Waals surface area contributed by atoms with Crippen LogP contribution in [0.1, 0.15) is 5.56 Å². The maximum absolute atomic E-state index is 12.8. The fourth-order valence-electron chi connectivity index (χ4n) is 3.68. The highest BCUT2D eigenvalue weighted by Crippen LogP contribution is 2.46. The van der Waals surface area contributed by atoms with E-state index in [1.165, 1.54) is 39.8 Å². The van der Waals surface area contributed by atoms with Crippen LogP contribution >= 0.6 is 34.9 Å². The number of benzene rings is 2. The highest BCUT2D eigenvalue weighted by Gasteiger charge is 2.54. The molecule has 0 bridgehead atoms. The van der Waals surface area contributed by atoms with Crippen LogP contribution < -0.4 is 5.32 Å². The van der Waals surface area contributed by atoms with E-state index in [0.717, 1.165) is 20.1 Å². The minimum atomic E-state index is -1.15. The first kappa shape index (κ1) is 21.0. The van der Waals surface area contributed by atoms with E-state index in [0.29, 0.717) is 10.7 Å². The maximum atomic E-state index is 12.8. The summed E-state index contributed by atoms with van der Waals surface area (Å²) in [5, 5.41) is 12.2. The summed E-state index contributed by atoms with van der Waals surface area (Å²) >= 11 is 4.23. The molecule has 1 saturated heterocycles. The topological polar surface area (TPSA) is 99.6 Å². The van der Waals surface area contributed by atoms with Gasteiger partial charge < -0.3 is 10.4 Å². The van der Waals surface area contributed by atoms with Crippen molar-refractivity contribution in [2.45, 2.75) is 22.2 Å². The fourth-order valence-corrected chi connectivity index (χ4v) is 7.38. The van der Waals surface area contributed by atoms with Gasteiger partial charge in [-0.15, -0.1) is 23.1 Å². The third kappa shape index (κ3) is 3.89. The minimum absolute atomic E-state index is 0.0171. The van der Waals surface area contributed by atoms with E-state index in [1.54, 1.807) is 0 Å². The van der Waals surface area contributed by atoms with Gasteiger partial charge in [0.25, 0.3) is 5.91 Å². The summed E-state index contributed by atoms with van der Waals surface area (Å²) in [7, 11) is 0. The molecule has 0 unspecified atom stereocenters. The molecule has 3 aromatic rings. The molecule has 2 N–H and O–H groups in total. The largest absolute Gasteiger partial charge is 0.477 e. The normalized spacial score (nSPS) is 20.1. The first-order valence-corrected chi connectivity index (χ1v) is 12.5. The van der Waals surface area contributed by atoms with E-state index in [2.05, 4.69) is 10.3 Å². The zero-order valence-electron chi connectivity index (χ0n) is 16.6. The second-order valence-electron chi connectivity index (χ2n) is 7.24. The SMILES string of the molecule is O=C(Cc1ccccc1)N[C@@H]1C(=O)N2C(C(=O)O)=C(Sc3nc4ccccc4s3)CS[C@@H]12. The zero-order chi connectivity index (χ0) is 22.2. The Morgan fingerprint density at radius 1 is 1.16 bits per heavy atom. The minimum Gasteiger partial charge on any atom is -0.477 e. The van der Waals surface area contributed by atoms with Crippen molar-refractivity contribution in [3.05, 3.63) is 70.8 Å². The van der Waals surface area contributed by atoms with Crippen molar-refractivity contribution in [1.29, 1.82) is 0 Å². The van der Waals surface area contributed by atoms with E-state index in [1.807, 2.05) is 54.6 Å². The quantitative estimate of drug-likeness (QED) is 0.519. The van der Waals surface area contributed by atoms with Crippen molar-refractivity contribution >= 4 is 62.9 Å². The average molecular weight is 484 g/mol.